The van der Waals surface area contributed by atoms with Gasteiger partial charge in [-0.25, -0.2) is 4.79 Å². The minimum absolute atomic E-state index is 0.0567. The van der Waals surface area contributed by atoms with Gasteiger partial charge in [-0.05, 0) is 29.1 Å². The lowest BCUT2D eigenvalue weighted by Crippen LogP contribution is -2.33. The van der Waals surface area contributed by atoms with Gasteiger partial charge in [0.25, 0.3) is 5.91 Å². The van der Waals surface area contributed by atoms with Gasteiger partial charge in [0, 0.05) is 16.8 Å². The minimum Gasteiger partial charge on any atom is -0.422 e. The van der Waals surface area contributed by atoms with Crippen LogP contribution in [0.2, 0.25) is 0 Å². The Morgan fingerprint density at radius 1 is 0.926 bits per heavy atom. The summed E-state index contributed by atoms with van der Waals surface area (Å²) in [6.07, 6.45) is 0. The zero-order chi connectivity index (χ0) is 18.6. The van der Waals surface area contributed by atoms with E-state index in [-0.39, 0.29) is 11.5 Å². The van der Waals surface area contributed by atoms with Crippen molar-refractivity contribution in [2.24, 2.45) is 0 Å². The molecule has 27 heavy (non-hydrogen) atoms. The van der Waals surface area contributed by atoms with Crippen LogP contribution in [-0.2, 0) is 13.1 Å². The Balaban J connectivity index is 1.71. The lowest BCUT2D eigenvalue weighted by Gasteiger charge is -2.22. The Morgan fingerprint density at radius 2 is 1.70 bits per heavy atom. The molecule has 0 aliphatic carbocycles. The zero-order valence-corrected chi connectivity index (χ0v) is 15.3. The van der Waals surface area contributed by atoms with Crippen molar-refractivity contribution in [1.82, 2.24) is 4.90 Å². The number of amides is 1. The van der Waals surface area contributed by atoms with E-state index in [2.05, 4.69) is 0 Å². The van der Waals surface area contributed by atoms with Gasteiger partial charge >= 0.3 is 5.63 Å². The molecule has 0 radical (unpaired) electrons. The van der Waals surface area contributed by atoms with E-state index in [1.807, 2.05) is 60.0 Å². The van der Waals surface area contributed by atoms with Crippen molar-refractivity contribution in [3.05, 3.63) is 105 Å². The smallest absolute Gasteiger partial charge is 0.349 e. The maximum Gasteiger partial charge on any atom is 0.349 e. The second-order valence-electron chi connectivity index (χ2n) is 6.21. The predicted octanol–water partition coefficient (Wildman–Crippen LogP) is 4.70. The second kappa shape index (κ2) is 7.60. The molecule has 2 heterocycles. The SMILES string of the molecule is O=C(c1cc2ccccc2oc1=O)N(Cc1ccccc1)Cc1cccs1. The summed E-state index contributed by atoms with van der Waals surface area (Å²) >= 11 is 1.59. The Kier molecular flexibility index (Phi) is 4.85. The fourth-order valence-electron chi connectivity index (χ4n) is 2.98. The molecule has 0 spiro atoms. The van der Waals surface area contributed by atoms with E-state index in [0.717, 1.165) is 15.8 Å². The van der Waals surface area contributed by atoms with Crippen LogP contribution in [0, 0.1) is 0 Å². The molecule has 4 aromatic rings. The van der Waals surface area contributed by atoms with Crippen molar-refractivity contribution < 1.29 is 9.21 Å². The monoisotopic (exact) mass is 375 g/mol. The molecule has 0 N–H and O–H groups in total. The van der Waals surface area contributed by atoms with Crippen LogP contribution in [0.3, 0.4) is 0 Å². The zero-order valence-electron chi connectivity index (χ0n) is 14.5. The summed E-state index contributed by atoms with van der Waals surface area (Å²) in [5.41, 5.74) is 0.934. The molecule has 0 fully saturated rings. The number of benzene rings is 2. The van der Waals surface area contributed by atoms with Crippen molar-refractivity contribution in [3.63, 3.8) is 0 Å². The van der Waals surface area contributed by atoms with Gasteiger partial charge in [0.2, 0.25) is 0 Å². The third-order valence-corrected chi connectivity index (χ3v) is 5.16. The molecule has 0 aliphatic rings. The average Bonchev–Trinajstić information content (AvgIpc) is 3.20. The lowest BCUT2D eigenvalue weighted by molar-refractivity contribution is 0.0727. The number of rotatable bonds is 5. The molecule has 0 saturated heterocycles. The quantitative estimate of drug-likeness (QED) is 0.475. The molecular formula is C22H17NO3S. The summed E-state index contributed by atoms with van der Waals surface area (Å²) < 4.78 is 5.35. The second-order valence-corrected chi connectivity index (χ2v) is 7.24. The van der Waals surface area contributed by atoms with Crippen LogP contribution in [0.4, 0.5) is 0 Å². The molecule has 134 valence electrons. The van der Waals surface area contributed by atoms with Crippen molar-refractivity contribution in [2.75, 3.05) is 0 Å². The predicted molar refractivity (Wildman–Crippen MR) is 107 cm³/mol. The van der Waals surface area contributed by atoms with Crippen molar-refractivity contribution in [3.8, 4) is 0 Å². The van der Waals surface area contributed by atoms with Gasteiger partial charge in [0.15, 0.2) is 0 Å². The van der Waals surface area contributed by atoms with E-state index in [4.69, 9.17) is 4.42 Å². The van der Waals surface area contributed by atoms with Crippen LogP contribution in [0.25, 0.3) is 11.0 Å². The summed E-state index contributed by atoms with van der Waals surface area (Å²) in [6.45, 7) is 0.863. The number of fused-ring (bicyclic) bond motifs is 1. The molecular weight excluding hydrogens is 358 g/mol. The maximum absolute atomic E-state index is 13.2. The third-order valence-electron chi connectivity index (χ3n) is 4.30. The highest BCUT2D eigenvalue weighted by Crippen LogP contribution is 2.18. The van der Waals surface area contributed by atoms with E-state index in [1.54, 1.807) is 34.4 Å². The average molecular weight is 375 g/mol. The van der Waals surface area contributed by atoms with Crippen LogP contribution in [0.1, 0.15) is 20.8 Å². The van der Waals surface area contributed by atoms with Crippen LogP contribution >= 0.6 is 11.3 Å². The summed E-state index contributed by atoms with van der Waals surface area (Å²) in [5, 5.41) is 2.71. The van der Waals surface area contributed by atoms with Crippen molar-refractivity contribution >= 4 is 28.2 Å². The molecule has 1 amide bonds. The van der Waals surface area contributed by atoms with E-state index >= 15 is 0 Å². The number of hydrogen-bond acceptors (Lipinski definition) is 4. The first-order valence-electron chi connectivity index (χ1n) is 8.59. The molecule has 0 saturated carbocycles. The fraction of sp³-hybridized carbons (Fsp3) is 0.0909. The number of hydrogen-bond donors (Lipinski definition) is 0. The molecule has 0 atom stereocenters. The van der Waals surface area contributed by atoms with Gasteiger partial charge in [0.05, 0.1) is 6.54 Å². The summed E-state index contributed by atoms with van der Waals surface area (Å²) in [7, 11) is 0. The van der Waals surface area contributed by atoms with Crippen LogP contribution < -0.4 is 5.63 Å². The third kappa shape index (κ3) is 3.83. The molecule has 0 bridgehead atoms. The summed E-state index contributed by atoms with van der Waals surface area (Å²) in [5.74, 6) is -0.327. The standard InChI is InChI=1S/C22H17NO3S/c24-21(19-13-17-9-4-5-11-20(17)26-22(19)25)23(15-18-10-6-12-27-18)14-16-7-2-1-3-8-16/h1-13H,14-15H2. The number of thiophene rings is 1. The molecule has 2 aromatic heterocycles. The highest BCUT2D eigenvalue weighted by molar-refractivity contribution is 7.09. The van der Waals surface area contributed by atoms with Crippen LogP contribution in [0.5, 0.6) is 0 Å². The van der Waals surface area contributed by atoms with Crippen LogP contribution in [-0.4, -0.2) is 10.8 Å². The molecule has 4 nitrogen and oxygen atoms in total. The largest absolute Gasteiger partial charge is 0.422 e. The van der Waals surface area contributed by atoms with E-state index in [0.29, 0.717) is 18.7 Å². The highest BCUT2D eigenvalue weighted by Gasteiger charge is 2.21. The Bertz CT molecular complexity index is 1120. The van der Waals surface area contributed by atoms with Gasteiger partial charge < -0.3 is 9.32 Å². The number of para-hydroxylation sites is 1. The molecule has 5 heteroatoms. The first-order chi connectivity index (χ1) is 13.2. The normalized spacial score (nSPS) is 10.8. The summed E-state index contributed by atoms with van der Waals surface area (Å²) in [4.78, 5) is 28.4. The maximum atomic E-state index is 13.2. The topological polar surface area (TPSA) is 50.5 Å². The Morgan fingerprint density at radius 3 is 2.48 bits per heavy atom. The number of nitrogens with zero attached hydrogens (tertiary/aromatic N) is 1. The Hall–Kier alpha value is -3.18. The van der Waals surface area contributed by atoms with Gasteiger partial charge in [-0.2, -0.15) is 0 Å². The Labute approximate surface area is 160 Å². The van der Waals surface area contributed by atoms with E-state index < -0.39 is 5.63 Å². The fourth-order valence-corrected chi connectivity index (χ4v) is 3.69. The van der Waals surface area contributed by atoms with Gasteiger partial charge in [0.1, 0.15) is 11.1 Å². The summed E-state index contributed by atoms with van der Waals surface area (Å²) in [6, 6.07) is 22.5. The molecule has 4 rings (SSSR count). The van der Waals surface area contributed by atoms with E-state index in [9.17, 15) is 9.59 Å². The minimum atomic E-state index is -0.608. The first kappa shape index (κ1) is 17.2. The van der Waals surface area contributed by atoms with Gasteiger partial charge in [-0.15, -0.1) is 11.3 Å². The van der Waals surface area contributed by atoms with Crippen LogP contribution in [0.15, 0.2) is 87.4 Å². The van der Waals surface area contributed by atoms with Gasteiger partial charge in [-0.1, -0.05) is 54.6 Å². The lowest BCUT2D eigenvalue weighted by atomic mass is 10.1. The van der Waals surface area contributed by atoms with Gasteiger partial charge in [-0.3, -0.25) is 4.79 Å². The first-order valence-corrected chi connectivity index (χ1v) is 9.47. The molecule has 0 aliphatic heterocycles. The molecule has 2 aromatic carbocycles. The number of carbonyl (C=O) groups excluding carboxylic acids is 1. The number of carbonyl (C=O) groups is 1. The van der Waals surface area contributed by atoms with E-state index in [1.165, 1.54) is 0 Å². The molecule has 0 unspecified atom stereocenters. The van der Waals surface area contributed by atoms with Crippen molar-refractivity contribution in [2.45, 2.75) is 13.1 Å². The highest BCUT2D eigenvalue weighted by atomic mass is 32.1. The van der Waals surface area contributed by atoms with Crippen molar-refractivity contribution in [1.29, 1.82) is 0 Å².